The number of nitrogens with one attached hydrogen (secondary N) is 1. The maximum absolute atomic E-state index is 14.0. The first kappa shape index (κ1) is 21.0. The normalized spacial score (nSPS) is 15.6. The fraction of sp³-hybridized carbons (Fsp3) is 0.273. The second-order valence-electron chi connectivity index (χ2n) is 7.39. The number of halogens is 2. The van der Waals surface area contributed by atoms with E-state index in [0.717, 1.165) is 0 Å². The lowest BCUT2D eigenvalue weighted by molar-refractivity contribution is -0.147. The van der Waals surface area contributed by atoms with Gasteiger partial charge < -0.3 is 14.6 Å². The molecule has 160 valence electrons. The summed E-state index contributed by atoms with van der Waals surface area (Å²) in [6, 6.07) is 9.33. The molecule has 0 spiro atoms. The molecule has 7 nitrogen and oxygen atoms in total. The van der Waals surface area contributed by atoms with Crippen molar-refractivity contribution in [2.24, 2.45) is 0 Å². The zero-order valence-electron chi connectivity index (χ0n) is 16.8. The number of imidazole rings is 1. The lowest BCUT2D eigenvalue weighted by Crippen LogP contribution is -2.58. The molecule has 1 atom stereocenters. The van der Waals surface area contributed by atoms with Crippen LogP contribution < -0.4 is 5.32 Å². The van der Waals surface area contributed by atoms with Crippen molar-refractivity contribution < 1.29 is 18.8 Å². The van der Waals surface area contributed by atoms with Crippen LogP contribution in [-0.2, 0) is 22.6 Å². The van der Waals surface area contributed by atoms with Gasteiger partial charge >= 0.3 is 0 Å². The molecule has 3 aromatic rings. The Morgan fingerprint density at radius 1 is 1.23 bits per heavy atom. The quantitative estimate of drug-likeness (QED) is 0.595. The van der Waals surface area contributed by atoms with Gasteiger partial charge in [-0.3, -0.25) is 14.4 Å². The van der Waals surface area contributed by atoms with E-state index in [1.807, 2.05) is 0 Å². The van der Waals surface area contributed by atoms with E-state index in [1.165, 1.54) is 17.9 Å². The molecule has 2 amide bonds. The topological polar surface area (TPSA) is 83.8 Å². The summed E-state index contributed by atoms with van der Waals surface area (Å²) < 4.78 is 15.7. The number of hydrogen-bond donors (Lipinski definition) is 1. The van der Waals surface area contributed by atoms with Crippen LogP contribution in [0.3, 0.4) is 0 Å². The number of pyridine rings is 1. The SMILES string of the molecule is CC(=O)c1nc(CC(=O)N2CCC2C(=O)NCc2cccc(Cl)c2F)n2ccccc12. The predicted molar refractivity (Wildman–Crippen MR) is 112 cm³/mol. The van der Waals surface area contributed by atoms with Crippen LogP contribution in [0.2, 0.25) is 5.02 Å². The monoisotopic (exact) mass is 442 g/mol. The zero-order valence-corrected chi connectivity index (χ0v) is 17.5. The van der Waals surface area contributed by atoms with Crippen molar-refractivity contribution in [3.05, 3.63) is 70.5 Å². The molecule has 0 radical (unpaired) electrons. The number of nitrogens with zero attached hydrogens (tertiary/aromatic N) is 3. The van der Waals surface area contributed by atoms with Gasteiger partial charge in [-0.1, -0.05) is 29.8 Å². The lowest BCUT2D eigenvalue weighted by Gasteiger charge is -2.39. The first-order valence-corrected chi connectivity index (χ1v) is 10.2. The second-order valence-corrected chi connectivity index (χ2v) is 7.80. The fourth-order valence-corrected chi connectivity index (χ4v) is 3.86. The molecule has 0 bridgehead atoms. The molecule has 4 rings (SSSR count). The summed E-state index contributed by atoms with van der Waals surface area (Å²) in [5.74, 6) is -0.921. The molecule has 1 fully saturated rings. The number of hydrogen-bond acceptors (Lipinski definition) is 4. The molecule has 0 aliphatic carbocycles. The van der Waals surface area contributed by atoms with Gasteiger partial charge in [0.15, 0.2) is 5.78 Å². The standard InChI is InChI=1S/C22H20ClFN4O3/c1-13(29)21-16-7-2-3-9-27(16)18(26-21)11-19(30)28-10-8-17(28)22(31)25-12-14-5-4-6-15(23)20(14)24/h2-7,9,17H,8,10-12H2,1H3,(H,25,31). The molecular formula is C22H20ClFN4O3. The average molecular weight is 443 g/mol. The molecule has 2 aromatic heterocycles. The first-order chi connectivity index (χ1) is 14.9. The maximum Gasteiger partial charge on any atom is 0.243 e. The highest BCUT2D eigenvalue weighted by Gasteiger charge is 2.37. The van der Waals surface area contributed by atoms with Crippen LogP contribution in [0.4, 0.5) is 4.39 Å². The smallest absolute Gasteiger partial charge is 0.243 e. The Kier molecular flexibility index (Phi) is 5.73. The number of rotatable bonds is 6. The Balaban J connectivity index is 1.43. The summed E-state index contributed by atoms with van der Waals surface area (Å²) in [7, 11) is 0. The summed E-state index contributed by atoms with van der Waals surface area (Å²) in [4.78, 5) is 43.1. The molecule has 0 saturated carbocycles. The van der Waals surface area contributed by atoms with Crippen LogP contribution in [0.5, 0.6) is 0 Å². The highest BCUT2D eigenvalue weighted by Crippen LogP contribution is 2.22. The number of benzene rings is 1. The van der Waals surface area contributed by atoms with Crippen LogP contribution in [-0.4, -0.2) is 44.5 Å². The summed E-state index contributed by atoms with van der Waals surface area (Å²) in [5.41, 5.74) is 1.22. The average Bonchev–Trinajstić information content (AvgIpc) is 3.07. The van der Waals surface area contributed by atoms with Gasteiger partial charge in [-0.25, -0.2) is 9.37 Å². The van der Waals surface area contributed by atoms with Crippen molar-refractivity contribution in [3.63, 3.8) is 0 Å². The van der Waals surface area contributed by atoms with E-state index in [1.54, 1.807) is 40.9 Å². The number of likely N-dealkylation sites (tertiary alicyclic amines) is 1. The molecule has 1 unspecified atom stereocenters. The number of aromatic nitrogens is 2. The third-order valence-electron chi connectivity index (χ3n) is 5.39. The minimum Gasteiger partial charge on any atom is -0.350 e. The number of carbonyl (C=O) groups is 3. The van der Waals surface area contributed by atoms with E-state index in [2.05, 4.69) is 10.3 Å². The summed E-state index contributed by atoms with van der Waals surface area (Å²) in [5, 5.41) is 2.66. The van der Waals surface area contributed by atoms with Gasteiger partial charge in [-0.05, 0) is 24.6 Å². The minimum atomic E-state index is -0.617. The summed E-state index contributed by atoms with van der Waals surface area (Å²) in [6.45, 7) is 1.86. The van der Waals surface area contributed by atoms with Crippen molar-refractivity contribution in [1.82, 2.24) is 19.6 Å². The van der Waals surface area contributed by atoms with Gasteiger partial charge in [0, 0.05) is 31.8 Å². The third-order valence-corrected chi connectivity index (χ3v) is 5.68. The van der Waals surface area contributed by atoms with Crippen molar-refractivity contribution >= 4 is 34.7 Å². The number of amides is 2. The molecule has 1 saturated heterocycles. The van der Waals surface area contributed by atoms with Crippen LogP contribution in [0.15, 0.2) is 42.6 Å². The minimum absolute atomic E-state index is 0.0101. The fourth-order valence-electron chi connectivity index (χ4n) is 3.67. The summed E-state index contributed by atoms with van der Waals surface area (Å²) >= 11 is 5.77. The van der Waals surface area contributed by atoms with Crippen molar-refractivity contribution in [1.29, 1.82) is 0 Å². The number of fused-ring (bicyclic) bond motifs is 1. The van der Waals surface area contributed by atoms with Crippen LogP contribution in [0, 0.1) is 5.82 Å². The number of Topliss-reactive ketones (excluding diaryl/α,β-unsaturated/α-hetero) is 1. The maximum atomic E-state index is 14.0. The zero-order chi connectivity index (χ0) is 22.1. The van der Waals surface area contributed by atoms with Gasteiger partial charge in [0.05, 0.1) is 17.0 Å². The van der Waals surface area contributed by atoms with E-state index in [-0.39, 0.29) is 41.1 Å². The Morgan fingerprint density at radius 2 is 2.03 bits per heavy atom. The van der Waals surface area contributed by atoms with E-state index < -0.39 is 11.9 Å². The van der Waals surface area contributed by atoms with E-state index >= 15 is 0 Å². The van der Waals surface area contributed by atoms with Gasteiger partial charge in [-0.2, -0.15) is 0 Å². The van der Waals surface area contributed by atoms with Gasteiger partial charge in [0.25, 0.3) is 0 Å². The van der Waals surface area contributed by atoms with Crippen molar-refractivity contribution in [2.75, 3.05) is 6.54 Å². The number of ketones is 1. The van der Waals surface area contributed by atoms with Gasteiger partial charge in [0.2, 0.25) is 11.8 Å². The largest absolute Gasteiger partial charge is 0.350 e. The van der Waals surface area contributed by atoms with Crippen LogP contribution in [0.1, 0.15) is 35.2 Å². The molecule has 3 heterocycles. The van der Waals surface area contributed by atoms with E-state index in [0.29, 0.717) is 30.0 Å². The summed E-state index contributed by atoms with van der Waals surface area (Å²) in [6.07, 6.45) is 2.24. The third kappa shape index (κ3) is 4.03. The van der Waals surface area contributed by atoms with Crippen LogP contribution >= 0.6 is 11.6 Å². The molecule has 9 heteroatoms. The van der Waals surface area contributed by atoms with Crippen molar-refractivity contribution in [3.8, 4) is 0 Å². The van der Waals surface area contributed by atoms with Gasteiger partial charge in [0.1, 0.15) is 23.4 Å². The molecule has 31 heavy (non-hydrogen) atoms. The Morgan fingerprint density at radius 3 is 2.74 bits per heavy atom. The highest BCUT2D eigenvalue weighted by molar-refractivity contribution is 6.30. The Labute approximate surface area is 182 Å². The lowest BCUT2D eigenvalue weighted by atomic mass is 10.0. The van der Waals surface area contributed by atoms with Crippen molar-refractivity contribution in [2.45, 2.75) is 32.4 Å². The highest BCUT2D eigenvalue weighted by atomic mass is 35.5. The second kappa shape index (κ2) is 8.47. The molecule has 1 N–H and O–H groups in total. The number of carbonyl (C=O) groups excluding carboxylic acids is 3. The van der Waals surface area contributed by atoms with Gasteiger partial charge in [-0.15, -0.1) is 0 Å². The molecule has 1 aliphatic rings. The predicted octanol–water partition coefficient (Wildman–Crippen LogP) is 2.79. The Bertz CT molecular complexity index is 1190. The van der Waals surface area contributed by atoms with E-state index in [9.17, 15) is 18.8 Å². The molecule has 1 aliphatic heterocycles. The van der Waals surface area contributed by atoms with E-state index in [4.69, 9.17) is 11.6 Å². The van der Waals surface area contributed by atoms with Crippen LogP contribution in [0.25, 0.3) is 5.52 Å². The molecular weight excluding hydrogens is 423 g/mol. The molecule has 1 aromatic carbocycles. The first-order valence-electron chi connectivity index (χ1n) is 9.83. The Hall–Kier alpha value is -3.26.